The number of amides is 3. The van der Waals surface area contributed by atoms with Crippen LogP contribution >= 0.6 is 11.3 Å². The Kier molecular flexibility index (Phi) is 11.5. The average Bonchev–Trinajstić information content (AvgIpc) is 3.62. The Labute approximate surface area is 254 Å². The minimum atomic E-state index is -1.18. The number of thiazole rings is 1. The number of hydrogen-bond acceptors (Lipinski definition) is 8. The van der Waals surface area contributed by atoms with Crippen molar-refractivity contribution in [2.24, 2.45) is 0 Å². The molecule has 0 aliphatic carbocycles. The number of hydrogen-bond donors (Lipinski definition) is 2. The molecular formula is C30H39F2N5O5S. The minimum Gasteiger partial charge on any atom is -0.480 e. The smallest absolute Gasteiger partial charge is 0.257 e. The molecule has 43 heavy (non-hydrogen) atoms. The van der Waals surface area contributed by atoms with Gasteiger partial charge in [-0.05, 0) is 45.7 Å². The zero-order valence-electron chi connectivity index (χ0n) is 24.8. The summed E-state index contributed by atoms with van der Waals surface area (Å²) in [5.41, 5.74) is 3.07. The molecule has 1 atom stereocenters. The van der Waals surface area contributed by atoms with E-state index in [-0.39, 0.29) is 29.5 Å². The van der Waals surface area contributed by atoms with Gasteiger partial charge in [0.1, 0.15) is 6.04 Å². The molecule has 234 valence electrons. The molecule has 0 saturated carbocycles. The summed E-state index contributed by atoms with van der Waals surface area (Å²) < 4.78 is 39.6. The standard InChI is InChI=1S/C30H39F2N5O5S/c1-19-15-37(16-20(19)2)29(40)21(3)34-25(38)7-5-4-6-10-33-26(39)17-42-28-22(8-9-23(31)27(28)32)24-18-43-30(35-24)36-11-13-41-14-12-36/h8-9,18,21H,4-7,10-17H2,1-3H3,(H,33,39)(H,34,38)/t21-/m0/s1. The molecule has 13 heteroatoms. The molecule has 4 rings (SSSR count). The first kappa shape index (κ1) is 32.3. The van der Waals surface area contributed by atoms with Crippen molar-refractivity contribution in [3.8, 4) is 17.0 Å². The van der Waals surface area contributed by atoms with Gasteiger partial charge < -0.3 is 29.9 Å². The van der Waals surface area contributed by atoms with Crippen molar-refractivity contribution < 1.29 is 32.6 Å². The molecule has 2 aliphatic heterocycles. The molecule has 0 radical (unpaired) electrons. The number of aromatic nitrogens is 1. The van der Waals surface area contributed by atoms with Gasteiger partial charge in [0.05, 0.1) is 18.9 Å². The Morgan fingerprint density at radius 1 is 1.07 bits per heavy atom. The Hall–Kier alpha value is -3.58. The Bertz CT molecular complexity index is 1330. The lowest BCUT2D eigenvalue weighted by molar-refractivity contribution is -0.135. The highest BCUT2D eigenvalue weighted by Crippen LogP contribution is 2.36. The monoisotopic (exact) mass is 619 g/mol. The summed E-state index contributed by atoms with van der Waals surface area (Å²) >= 11 is 1.39. The zero-order chi connectivity index (χ0) is 30.9. The topological polar surface area (TPSA) is 113 Å². The van der Waals surface area contributed by atoms with Gasteiger partial charge in [-0.1, -0.05) is 17.6 Å². The van der Waals surface area contributed by atoms with E-state index in [4.69, 9.17) is 9.47 Å². The largest absolute Gasteiger partial charge is 0.480 e. The maximum atomic E-state index is 14.7. The van der Waals surface area contributed by atoms with Crippen LogP contribution in [0.3, 0.4) is 0 Å². The summed E-state index contributed by atoms with van der Waals surface area (Å²) in [6.45, 7) is 9.33. The Balaban J connectivity index is 1.16. The van der Waals surface area contributed by atoms with Gasteiger partial charge in [-0.3, -0.25) is 14.4 Å². The van der Waals surface area contributed by atoms with Gasteiger partial charge in [-0.15, -0.1) is 11.3 Å². The molecule has 10 nitrogen and oxygen atoms in total. The van der Waals surface area contributed by atoms with Gasteiger partial charge in [-0.2, -0.15) is 4.39 Å². The fourth-order valence-corrected chi connectivity index (χ4v) is 5.75. The van der Waals surface area contributed by atoms with E-state index in [1.165, 1.54) is 28.5 Å². The van der Waals surface area contributed by atoms with Crippen molar-refractivity contribution in [1.29, 1.82) is 0 Å². The number of anilines is 1. The molecular weight excluding hydrogens is 580 g/mol. The van der Waals surface area contributed by atoms with E-state index in [0.29, 0.717) is 70.9 Å². The van der Waals surface area contributed by atoms with Crippen LogP contribution in [0.15, 0.2) is 28.7 Å². The quantitative estimate of drug-likeness (QED) is 0.260. The van der Waals surface area contributed by atoms with Gasteiger partial charge in [0.15, 0.2) is 23.3 Å². The Morgan fingerprint density at radius 3 is 2.51 bits per heavy atom. The van der Waals surface area contributed by atoms with E-state index in [2.05, 4.69) is 20.5 Å². The van der Waals surface area contributed by atoms with E-state index in [9.17, 15) is 23.2 Å². The summed E-state index contributed by atoms with van der Waals surface area (Å²) in [7, 11) is 0. The maximum absolute atomic E-state index is 14.7. The lowest BCUT2D eigenvalue weighted by Gasteiger charge is -2.26. The molecule has 3 heterocycles. The number of ether oxygens (including phenoxy) is 2. The first-order chi connectivity index (χ1) is 20.6. The van der Waals surface area contributed by atoms with Gasteiger partial charge in [-0.25, -0.2) is 9.37 Å². The van der Waals surface area contributed by atoms with Crippen molar-refractivity contribution in [3.63, 3.8) is 0 Å². The highest BCUT2D eigenvalue weighted by atomic mass is 32.1. The first-order valence-corrected chi connectivity index (χ1v) is 15.4. The van der Waals surface area contributed by atoms with Crippen LogP contribution in [0.4, 0.5) is 13.9 Å². The van der Waals surface area contributed by atoms with E-state index in [0.717, 1.165) is 11.2 Å². The molecule has 1 aromatic carbocycles. The summed E-state index contributed by atoms with van der Waals surface area (Å²) in [5, 5.41) is 7.96. The van der Waals surface area contributed by atoms with Crippen LogP contribution in [0, 0.1) is 11.6 Å². The second-order valence-corrected chi connectivity index (χ2v) is 11.7. The van der Waals surface area contributed by atoms with Gasteiger partial charge in [0, 0.05) is 50.1 Å². The fourth-order valence-electron chi connectivity index (χ4n) is 4.87. The number of carbonyl (C=O) groups excluding carboxylic acids is 3. The average molecular weight is 620 g/mol. The predicted molar refractivity (Wildman–Crippen MR) is 160 cm³/mol. The summed E-state index contributed by atoms with van der Waals surface area (Å²) in [4.78, 5) is 45.6. The lowest BCUT2D eigenvalue weighted by atomic mass is 10.1. The molecule has 0 spiro atoms. The van der Waals surface area contributed by atoms with Crippen LogP contribution in [0.2, 0.25) is 0 Å². The van der Waals surface area contributed by atoms with Crippen LogP contribution in [-0.4, -0.2) is 86.2 Å². The molecule has 2 aliphatic rings. The number of halogens is 2. The molecule has 0 unspecified atom stereocenters. The second kappa shape index (κ2) is 15.2. The third-order valence-corrected chi connectivity index (χ3v) is 8.40. The van der Waals surface area contributed by atoms with Crippen LogP contribution < -0.4 is 20.3 Å². The maximum Gasteiger partial charge on any atom is 0.257 e. The van der Waals surface area contributed by atoms with Crippen molar-refractivity contribution in [1.82, 2.24) is 20.5 Å². The van der Waals surface area contributed by atoms with Crippen LogP contribution in [0.1, 0.15) is 46.5 Å². The summed E-state index contributed by atoms with van der Waals surface area (Å²) in [5.74, 6) is -3.38. The molecule has 2 aromatic rings. The van der Waals surface area contributed by atoms with E-state index < -0.39 is 30.2 Å². The molecule has 1 saturated heterocycles. The molecule has 1 fully saturated rings. The van der Waals surface area contributed by atoms with Gasteiger partial charge in [0.25, 0.3) is 5.91 Å². The fraction of sp³-hybridized carbons (Fsp3) is 0.533. The molecule has 1 aromatic heterocycles. The van der Waals surface area contributed by atoms with Gasteiger partial charge in [0.2, 0.25) is 17.6 Å². The van der Waals surface area contributed by atoms with Crippen molar-refractivity contribution in [2.75, 3.05) is 57.4 Å². The zero-order valence-corrected chi connectivity index (χ0v) is 25.7. The minimum absolute atomic E-state index is 0.0935. The lowest BCUT2D eigenvalue weighted by Crippen LogP contribution is -2.46. The number of benzene rings is 1. The highest BCUT2D eigenvalue weighted by Gasteiger charge is 2.26. The Morgan fingerprint density at radius 2 is 1.79 bits per heavy atom. The van der Waals surface area contributed by atoms with Crippen molar-refractivity contribution in [3.05, 3.63) is 40.3 Å². The first-order valence-electron chi connectivity index (χ1n) is 14.5. The third-order valence-electron chi connectivity index (χ3n) is 7.49. The predicted octanol–water partition coefficient (Wildman–Crippen LogP) is 3.66. The third kappa shape index (κ3) is 8.73. The normalized spacial score (nSPS) is 15.9. The number of rotatable bonds is 13. The number of morpholine rings is 1. The highest BCUT2D eigenvalue weighted by molar-refractivity contribution is 7.14. The molecule has 2 N–H and O–H groups in total. The molecule has 0 bridgehead atoms. The van der Waals surface area contributed by atoms with Crippen LogP contribution in [0.25, 0.3) is 11.3 Å². The number of nitrogens with zero attached hydrogens (tertiary/aromatic N) is 3. The van der Waals surface area contributed by atoms with Crippen LogP contribution in [-0.2, 0) is 19.1 Å². The van der Waals surface area contributed by atoms with E-state index in [1.54, 1.807) is 17.2 Å². The molecule has 3 amide bonds. The number of carbonyl (C=O) groups is 3. The van der Waals surface area contributed by atoms with Gasteiger partial charge >= 0.3 is 0 Å². The summed E-state index contributed by atoms with van der Waals surface area (Å²) in [6.07, 6.45) is 2.18. The summed E-state index contributed by atoms with van der Waals surface area (Å²) in [6, 6.07) is 1.81. The van der Waals surface area contributed by atoms with E-state index in [1.807, 2.05) is 13.8 Å². The van der Waals surface area contributed by atoms with Crippen molar-refractivity contribution >= 4 is 34.2 Å². The SMILES string of the molecule is CC1=C(C)CN(C(=O)[C@H](C)NC(=O)CCCCCNC(=O)COc2c(-c3csc(N4CCOCC4)n3)ccc(F)c2F)C1. The number of unbranched alkanes of at least 4 members (excludes halogenated alkanes) is 2. The van der Waals surface area contributed by atoms with Crippen molar-refractivity contribution in [2.45, 2.75) is 52.5 Å². The van der Waals surface area contributed by atoms with Crippen LogP contribution in [0.5, 0.6) is 5.75 Å². The van der Waals surface area contributed by atoms with E-state index >= 15 is 0 Å². The number of nitrogens with one attached hydrogen (secondary N) is 2. The second-order valence-electron chi connectivity index (χ2n) is 10.8.